The van der Waals surface area contributed by atoms with E-state index < -0.39 is 0 Å². The van der Waals surface area contributed by atoms with Crippen molar-refractivity contribution in [3.05, 3.63) is 23.8 Å². The molecule has 1 saturated heterocycles. The highest BCUT2D eigenvalue weighted by atomic mass is 15.2. The summed E-state index contributed by atoms with van der Waals surface area (Å²) in [4.78, 5) is 11.4. The van der Waals surface area contributed by atoms with E-state index in [-0.39, 0.29) is 0 Å². The SMILES string of the molecule is CCCNC1CCN(Cc2cnc(C)cn2)C(C)C1C. The molecular weight excluding hydrogens is 248 g/mol. The van der Waals surface area contributed by atoms with Crippen molar-refractivity contribution < 1.29 is 0 Å². The van der Waals surface area contributed by atoms with Gasteiger partial charge in [0.25, 0.3) is 0 Å². The Morgan fingerprint density at radius 2 is 2.10 bits per heavy atom. The maximum Gasteiger partial charge on any atom is 0.0727 e. The van der Waals surface area contributed by atoms with Crippen molar-refractivity contribution in [3.8, 4) is 0 Å². The summed E-state index contributed by atoms with van der Waals surface area (Å²) in [5, 5.41) is 3.69. The summed E-state index contributed by atoms with van der Waals surface area (Å²) in [7, 11) is 0. The van der Waals surface area contributed by atoms with Gasteiger partial charge in [0.05, 0.1) is 11.4 Å². The standard InChI is InChI=1S/C16H28N4/c1-5-7-17-16-6-8-20(14(4)13(16)3)11-15-10-18-12(2)9-19-15/h9-10,13-14,16-17H,5-8,11H2,1-4H3. The average molecular weight is 276 g/mol. The molecule has 1 N–H and O–H groups in total. The largest absolute Gasteiger partial charge is 0.314 e. The van der Waals surface area contributed by atoms with Crippen LogP contribution < -0.4 is 5.32 Å². The van der Waals surface area contributed by atoms with E-state index in [0.29, 0.717) is 18.0 Å². The molecule has 1 aliphatic heterocycles. The second-order valence-electron chi connectivity index (χ2n) is 6.07. The molecule has 4 nitrogen and oxygen atoms in total. The number of piperidine rings is 1. The minimum atomic E-state index is 0.584. The van der Waals surface area contributed by atoms with Gasteiger partial charge in [-0.1, -0.05) is 13.8 Å². The highest BCUT2D eigenvalue weighted by Crippen LogP contribution is 2.24. The molecule has 2 heterocycles. The van der Waals surface area contributed by atoms with Crippen molar-refractivity contribution in [1.82, 2.24) is 20.2 Å². The Hall–Kier alpha value is -1.00. The molecule has 0 bridgehead atoms. The molecule has 0 amide bonds. The lowest BCUT2D eigenvalue weighted by molar-refractivity contribution is 0.0773. The molecule has 0 aliphatic carbocycles. The Labute approximate surface area is 123 Å². The Morgan fingerprint density at radius 3 is 2.75 bits per heavy atom. The minimum absolute atomic E-state index is 0.584. The van der Waals surface area contributed by atoms with Crippen LogP contribution in [0.1, 0.15) is 45.0 Å². The predicted molar refractivity (Wildman–Crippen MR) is 82.5 cm³/mol. The first-order chi connectivity index (χ1) is 9.61. The molecule has 0 radical (unpaired) electrons. The lowest BCUT2D eigenvalue weighted by Gasteiger charge is -2.43. The molecule has 0 saturated carbocycles. The summed E-state index contributed by atoms with van der Waals surface area (Å²) >= 11 is 0. The fraction of sp³-hybridized carbons (Fsp3) is 0.750. The van der Waals surface area contributed by atoms with Crippen LogP contribution in [-0.4, -0.2) is 40.0 Å². The zero-order valence-corrected chi connectivity index (χ0v) is 13.3. The maximum absolute atomic E-state index is 4.48. The normalized spacial score (nSPS) is 27.7. The molecule has 1 aromatic rings. The first-order valence-corrected chi connectivity index (χ1v) is 7.86. The molecule has 1 aromatic heterocycles. The molecular formula is C16H28N4. The van der Waals surface area contributed by atoms with Crippen LogP contribution in [0.2, 0.25) is 0 Å². The van der Waals surface area contributed by atoms with Crippen LogP contribution in [0, 0.1) is 12.8 Å². The quantitative estimate of drug-likeness (QED) is 0.896. The summed E-state index contributed by atoms with van der Waals surface area (Å²) < 4.78 is 0. The van der Waals surface area contributed by atoms with Gasteiger partial charge in [-0.25, -0.2) is 0 Å². The Balaban J connectivity index is 1.92. The second-order valence-corrected chi connectivity index (χ2v) is 6.07. The topological polar surface area (TPSA) is 41.0 Å². The van der Waals surface area contributed by atoms with E-state index in [1.165, 1.54) is 12.8 Å². The number of nitrogens with zero attached hydrogens (tertiary/aromatic N) is 3. The second kappa shape index (κ2) is 7.14. The number of rotatable bonds is 5. The molecule has 3 unspecified atom stereocenters. The predicted octanol–water partition coefficient (Wildman–Crippen LogP) is 2.38. The number of hydrogen-bond acceptors (Lipinski definition) is 4. The third-order valence-electron chi connectivity index (χ3n) is 4.55. The van der Waals surface area contributed by atoms with Crippen LogP contribution in [0.15, 0.2) is 12.4 Å². The van der Waals surface area contributed by atoms with Gasteiger partial charge in [0.2, 0.25) is 0 Å². The Morgan fingerprint density at radius 1 is 1.30 bits per heavy atom. The van der Waals surface area contributed by atoms with E-state index in [9.17, 15) is 0 Å². The van der Waals surface area contributed by atoms with Gasteiger partial charge in [-0.2, -0.15) is 0 Å². The van der Waals surface area contributed by atoms with Crippen molar-refractivity contribution in [3.63, 3.8) is 0 Å². The number of aromatic nitrogens is 2. The molecule has 2 rings (SSSR count). The highest BCUT2D eigenvalue weighted by molar-refractivity contribution is 5.02. The fourth-order valence-corrected chi connectivity index (χ4v) is 2.99. The van der Waals surface area contributed by atoms with Crippen LogP contribution in [0.3, 0.4) is 0 Å². The first-order valence-electron chi connectivity index (χ1n) is 7.86. The molecule has 112 valence electrons. The van der Waals surface area contributed by atoms with E-state index in [2.05, 4.69) is 41.0 Å². The van der Waals surface area contributed by atoms with Crippen molar-refractivity contribution >= 4 is 0 Å². The van der Waals surface area contributed by atoms with Gasteiger partial charge < -0.3 is 5.32 Å². The number of nitrogens with one attached hydrogen (secondary N) is 1. The van der Waals surface area contributed by atoms with Gasteiger partial charge in [0.1, 0.15) is 0 Å². The van der Waals surface area contributed by atoms with Gasteiger partial charge in [-0.3, -0.25) is 14.9 Å². The number of hydrogen-bond donors (Lipinski definition) is 1. The summed E-state index contributed by atoms with van der Waals surface area (Å²) in [5.74, 6) is 0.675. The summed E-state index contributed by atoms with van der Waals surface area (Å²) in [6, 6.07) is 1.24. The lowest BCUT2D eigenvalue weighted by Crippen LogP contribution is -2.53. The minimum Gasteiger partial charge on any atom is -0.314 e. The molecule has 0 spiro atoms. The van der Waals surface area contributed by atoms with Crippen LogP contribution in [0.4, 0.5) is 0 Å². The van der Waals surface area contributed by atoms with Gasteiger partial charge >= 0.3 is 0 Å². The van der Waals surface area contributed by atoms with Crippen LogP contribution >= 0.6 is 0 Å². The van der Waals surface area contributed by atoms with E-state index >= 15 is 0 Å². The first kappa shape index (κ1) is 15.4. The smallest absolute Gasteiger partial charge is 0.0727 e. The van der Waals surface area contributed by atoms with Gasteiger partial charge in [-0.05, 0) is 39.2 Å². The molecule has 0 aromatic carbocycles. The van der Waals surface area contributed by atoms with Gasteiger partial charge in [-0.15, -0.1) is 0 Å². The zero-order chi connectivity index (χ0) is 14.5. The van der Waals surface area contributed by atoms with Crippen LogP contribution in [0.25, 0.3) is 0 Å². The Kier molecular flexibility index (Phi) is 5.49. The van der Waals surface area contributed by atoms with E-state index in [1.807, 2.05) is 19.3 Å². The summed E-state index contributed by atoms with van der Waals surface area (Å²) in [6.07, 6.45) is 6.21. The van der Waals surface area contributed by atoms with Crippen molar-refractivity contribution in [2.24, 2.45) is 5.92 Å². The summed E-state index contributed by atoms with van der Waals surface area (Å²) in [5.41, 5.74) is 2.06. The lowest BCUT2D eigenvalue weighted by atomic mass is 9.87. The third kappa shape index (κ3) is 3.76. The van der Waals surface area contributed by atoms with E-state index in [1.54, 1.807) is 0 Å². The van der Waals surface area contributed by atoms with E-state index in [4.69, 9.17) is 0 Å². The molecule has 4 heteroatoms. The summed E-state index contributed by atoms with van der Waals surface area (Å²) in [6.45, 7) is 12.1. The molecule has 1 fully saturated rings. The molecule has 20 heavy (non-hydrogen) atoms. The van der Waals surface area contributed by atoms with Gasteiger partial charge in [0, 0.05) is 37.6 Å². The zero-order valence-electron chi connectivity index (χ0n) is 13.3. The highest BCUT2D eigenvalue weighted by Gasteiger charge is 2.31. The van der Waals surface area contributed by atoms with Crippen molar-refractivity contribution in [1.29, 1.82) is 0 Å². The monoisotopic (exact) mass is 276 g/mol. The average Bonchev–Trinajstić information content (AvgIpc) is 2.45. The van der Waals surface area contributed by atoms with Crippen LogP contribution in [-0.2, 0) is 6.54 Å². The third-order valence-corrected chi connectivity index (χ3v) is 4.55. The van der Waals surface area contributed by atoms with Crippen LogP contribution in [0.5, 0.6) is 0 Å². The maximum atomic E-state index is 4.48. The molecule has 1 aliphatic rings. The Bertz CT molecular complexity index is 403. The van der Waals surface area contributed by atoms with Crippen molar-refractivity contribution in [2.45, 2.75) is 59.2 Å². The van der Waals surface area contributed by atoms with Gasteiger partial charge in [0.15, 0.2) is 0 Å². The number of aryl methyl sites for hydroxylation is 1. The van der Waals surface area contributed by atoms with E-state index in [0.717, 1.165) is 31.0 Å². The fourth-order valence-electron chi connectivity index (χ4n) is 2.99. The number of likely N-dealkylation sites (tertiary alicyclic amines) is 1. The van der Waals surface area contributed by atoms with Crippen molar-refractivity contribution in [2.75, 3.05) is 13.1 Å². The molecule has 3 atom stereocenters.